The summed E-state index contributed by atoms with van der Waals surface area (Å²) in [6.07, 6.45) is 40.1. The van der Waals surface area contributed by atoms with Crippen LogP contribution in [0.5, 0.6) is 0 Å². The molecule has 348 valence electrons. The second-order valence-electron chi connectivity index (χ2n) is 15.7. The average Bonchev–Trinajstić information content (AvgIpc) is 3.53. The maximum atomic E-state index is 14.3. The lowest BCUT2D eigenvalue weighted by Gasteiger charge is -2.44. The van der Waals surface area contributed by atoms with Crippen molar-refractivity contribution >= 4 is 41.9 Å². The number of ether oxygens (including phenoxy) is 2. The van der Waals surface area contributed by atoms with Crippen molar-refractivity contribution in [2.45, 2.75) is 133 Å². The SMILES string of the molecule is C/C=C\C(/C=C\C)(CC(=O)O)C(/C=C\C)(/C=C\C)C(=O)OC(=O)C(/C=C\C)(/C=C\C)C(/C=C\C)(/C=C\C)CC(=O)O.CCCCCCCCCC/C=C/c1cccc2c1C(=O)OC2=O. The van der Waals surface area contributed by atoms with Crippen LogP contribution in [0.2, 0.25) is 0 Å². The molecule has 0 bridgehead atoms. The van der Waals surface area contributed by atoms with Crippen molar-refractivity contribution in [1.82, 2.24) is 0 Å². The van der Waals surface area contributed by atoms with Gasteiger partial charge in [0, 0.05) is 10.8 Å². The Morgan fingerprint density at radius 1 is 0.562 bits per heavy atom. The van der Waals surface area contributed by atoms with Gasteiger partial charge >= 0.3 is 35.8 Å². The number of carbonyl (C=O) groups is 6. The van der Waals surface area contributed by atoms with Gasteiger partial charge in [-0.05, 0) is 79.9 Å². The highest BCUT2D eigenvalue weighted by atomic mass is 16.6. The standard InChI is InChI=1S/C34H46O7.C20H26O3/c1-9-17-31(18-10-2,25-27(35)36)33(21-13-5,22-14-6)29(39)41-30(40)34(23-15-7,24-16-8)32(19-11-3,20-12-4)26-28(37)38;1-2-3-4-5-6-7-8-9-10-11-13-16-14-12-15-17-18(16)20(22)23-19(17)21/h9-24H,25-26H2,1-8H3,(H,35,36)(H,37,38);11-15H,2-10H2,1H3/b17-9-,18-10-,19-11-,20-12-,21-13-,22-14-,23-15-,24-16-;13-11+. The highest BCUT2D eigenvalue weighted by molar-refractivity contribution is 6.16. The zero-order valence-electron chi connectivity index (χ0n) is 39.6. The van der Waals surface area contributed by atoms with Crippen molar-refractivity contribution in [3.63, 3.8) is 0 Å². The van der Waals surface area contributed by atoms with Crippen LogP contribution in [0, 0.1) is 21.7 Å². The van der Waals surface area contributed by atoms with E-state index in [9.17, 15) is 39.0 Å². The molecule has 0 unspecified atom stereocenters. The van der Waals surface area contributed by atoms with Crippen molar-refractivity contribution in [2.75, 3.05) is 0 Å². The molecule has 0 aliphatic carbocycles. The Morgan fingerprint density at radius 2 is 0.953 bits per heavy atom. The molecule has 0 saturated carbocycles. The number of cyclic esters (lactones) is 2. The zero-order valence-corrected chi connectivity index (χ0v) is 39.6. The van der Waals surface area contributed by atoms with Gasteiger partial charge in [-0.2, -0.15) is 0 Å². The van der Waals surface area contributed by atoms with Gasteiger partial charge in [0.25, 0.3) is 0 Å². The van der Waals surface area contributed by atoms with Gasteiger partial charge in [-0.25, -0.2) is 9.59 Å². The van der Waals surface area contributed by atoms with E-state index in [0.29, 0.717) is 11.1 Å². The fraction of sp³-hybridized carbons (Fsp3) is 0.444. The number of carboxylic acids is 2. The molecule has 0 fully saturated rings. The van der Waals surface area contributed by atoms with E-state index in [0.717, 1.165) is 12.0 Å². The number of hydrogen-bond acceptors (Lipinski definition) is 8. The van der Waals surface area contributed by atoms with Crippen LogP contribution in [0.25, 0.3) is 6.08 Å². The summed E-state index contributed by atoms with van der Waals surface area (Å²) < 4.78 is 10.4. The molecule has 0 atom stereocenters. The average molecular weight is 881 g/mol. The minimum absolute atomic E-state index is 0.379. The summed E-state index contributed by atoms with van der Waals surface area (Å²) in [5.41, 5.74) is -4.79. The van der Waals surface area contributed by atoms with Crippen molar-refractivity contribution in [3.8, 4) is 0 Å². The zero-order chi connectivity index (χ0) is 48.2. The Labute approximate surface area is 382 Å². The number of benzene rings is 1. The molecule has 1 aliphatic rings. The van der Waals surface area contributed by atoms with Crippen LogP contribution in [0.1, 0.15) is 159 Å². The van der Waals surface area contributed by atoms with Crippen LogP contribution in [0.15, 0.2) is 121 Å². The molecular formula is C54H72O10. The molecule has 10 nitrogen and oxygen atoms in total. The summed E-state index contributed by atoms with van der Waals surface area (Å²) in [6.45, 7) is 15.8. The summed E-state index contributed by atoms with van der Waals surface area (Å²) in [4.78, 5) is 76.2. The van der Waals surface area contributed by atoms with Crippen molar-refractivity contribution in [1.29, 1.82) is 0 Å². The second kappa shape index (κ2) is 28.7. The van der Waals surface area contributed by atoms with Gasteiger partial charge in [0.15, 0.2) is 0 Å². The predicted molar refractivity (Wildman–Crippen MR) is 256 cm³/mol. The van der Waals surface area contributed by atoms with E-state index in [4.69, 9.17) is 4.74 Å². The Balaban J connectivity index is 0.000000744. The summed E-state index contributed by atoms with van der Waals surface area (Å²) >= 11 is 0. The monoisotopic (exact) mass is 881 g/mol. The Morgan fingerprint density at radius 3 is 1.33 bits per heavy atom. The number of esters is 4. The molecule has 0 spiro atoms. The topological polar surface area (TPSA) is 161 Å². The van der Waals surface area contributed by atoms with Crippen LogP contribution in [0.3, 0.4) is 0 Å². The van der Waals surface area contributed by atoms with Gasteiger partial charge in [0.05, 0.1) is 24.0 Å². The van der Waals surface area contributed by atoms with E-state index >= 15 is 0 Å². The highest BCUT2D eigenvalue weighted by Gasteiger charge is 2.57. The number of hydrogen-bond donors (Lipinski definition) is 2. The molecule has 2 N–H and O–H groups in total. The highest BCUT2D eigenvalue weighted by Crippen LogP contribution is 2.52. The quantitative estimate of drug-likeness (QED) is 0.0396. The molecule has 2 rings (SSSR count). The number of carbonyl (C=O) groups excluding carboxylic acids is 4. The third-order valence-electron chi connectivity index (χ3n) is 11.1. The lowest BCUT2D eigenvalue weighted by atomic mass is 9.59. The van der Waals surface area contributed by atoms with Crippen molar-refractivity contribution < 1.29 is 48.5 Å². The van der Waals surface area contributed by atoms with Crippen molar-refractivity contribution in [2.24, 2.45) is 21.7 Å². The van der Waals surface area contributed by atoms with Crippen LogP contribution < -0.4 is 0 Å². The number of rotatable bonds is 26. The second-order valence-corrected chi connectivity index (χ2v) is 15.7. The van der Waals surface area contributed by atoms with Crippen LogP contribution in [-0.4, -0.2) is 46.0 Å². The van der Waals surface area contributed by atoms with E-state index in [1.54, 1.807) is 140 Å². The predicted octanol–water partition coefficient (Wildman–Crippen LogP) is 13.1. The van der Waals surface area contributed by atoms with Gasteiger partial charge in [0.1, 0.15) is 10.8 Å². The largest absolute Gasteiger partial charge is 0.481 e. The first-order chi connectivity index (χ1) is 30.6. The van der Waals surface area contributed by atoms with E-state index < -0.39 is 70.3 Å². The van der Waals surface area contributed by atoms with Gasteiger partial charge in [-0.1, -0.05) is 173 Å². The Kier molecular flexibility index (Phi) is 25.2. The van der Waals surface area contributed by atoms with E-state index in [1.807, 2.05) is 12.1 Å². The van der Waals surface area contributed by atoms with Gasteiger partial charge in [-0.15, -0.1) is 0 Å². The smallest absolute Gasteiger partial charge is 0.347 e. The molecule has 64 heavy (non-hydrogen) atoms. The number of allylic oxidation sites excluding steroid dienone is 13. The third-order valence-corrected chi connectivity index (χ3v) is 11.1. The van der Waals surface area contributed by atoms with Gasteiger partial charge in [-0.3, -0.25) is 19.2 Å². The van der Waals surface area contributed by atoms with E-state index in [-0.39, 0.29) is 0 Å². The summed E-state index contributed by atoms with van der Waals surface area (Å²) in [5, 5.41) is 19.8. The lowest BCUT2D eigenvalue weighted by Crippen LogP contribution is -2.50. The van der Waals surface area contributed by atoms with E-state index in [2.05, 4.69) is 17.7 Å². The number of aliphatic carboxylic acids is 2. The summed E-state index contributed by atoms with van der Waals surface area (Å²) in [6, 6.07) is 5.27. The fourth-order valence-corrected chi connectivity index (χ4v) is 8.47. The number of fused-ring (bicyclic) bond motifs is 1. The van der Waals surface area contributed by atoms with Crippen LogP contribution in [0.4, 0.5) is 0 Å². The molecule has 10 heteroatoms. The van der Waals surface area contributed by atoms with Crippen molar-refractivity contribution in [3.05, 3.63) is 138 Å². The molecule has 0 amide bonds. The van der Waals surface area contributed by atoms with Crippen LogP contribution in [-0.2, 0) is 28.7 Å². The first-order valence-corrected chi connectivity index (χ1v) is 22.5. The molecular weight excluding hydrogens is 809 g/mol. The molecule has 0 radical (unpaired) electrons. The molecule has 1 heterocycles. The minimum atomic E-state index is -1.74. The van der Waals surface area contributed by atoms with Gasteiger partial charge in [0.2, 0.25) is 0 Å². The molecule has 1 aliphatic heterocycles. The first-order valence-electron chi connectivity index (χ1n) is 22.5. The van der Waals surface area contributed by atoms with Crippen LogP contribution >= 0.6 is 0 Å². The Hall–Kier alpha value is -5.90. The Bertz CT molecular complexity index is 1860. The summed E-state index contributed by atoms with van der Waals surface area (Å²) in [5.74, 6) is -5.38. The number of unbranched alkanes of at least 4 members (excludes halogenated alkanes) is 8. The normalized spacial score (nSPS) is 14.1. The van der Waals surface area contributed by atoms with Gasteiger partial charge < -0.3 is 19.7 Å². The lowest BCUT2D eigenvalue weighted by molar-refractivity contribution is -0.172. The summed E-state index contributed by atoms with van der Waals surface area (Å²) in [7, 11) is 0. The number of carboxylic acid groups (broad SMARTS) is 2. The van der Waals surface area contributed by atoms with E-state index in [1.165, 1.54) is 75.7 Å². The molecule has 0 aromatic heterocycles. The maximum absolute atomic E-state index is 14.3. The first kappa shape index (κ1) is 56.1. The molecule has 0 saturated heterocycles. The third kappa shape index (κ3) is 14.6. The minimum Gasteiger partial charge on any atom is -0.481 e. The maximum Gasteiger partial charge on any atom is 0.347 e. The molecule has 1 aromatic carbocycles. The fourth-order valence-electron chi connectivity index (χ4n) is 8.47. The molecule has 1 aromatic rings.